The standard InChI is InChI=1S/C14H13Cl2FN2O2/c1-20-12-5-10(18)11(6-13(12)21-2)19-14-8(15)3-7(17)4-9(14)16/h3-6,19H,18H2,1-2H3. The van der Waals surface area contributed by atoms with Crippen LogP contribution in [0.25, 0.3) is 0 Å². The summed E-state index contributed by atoms with van der Waals surface area (Å²) in [4.78, 5) is 0. The number of methoxy groups -OCH3 is 2. The zero-order chi connectivity index (χ0) is 15.6. The molecule has 0 aromatic heterocycles. The fourth-order valence-electron chi connectivity index (χ4n) is 1.80. The molecule has 2 aromatic carbocycles. The molecule has 112 valence electrons. The Morgan fingerprint density at radius 2 is 1.52 bits per heavy atom. The predicted octanol–water partition coefficient (Wildman–Crippen LogP) is 4.48. The van der Waals surface area contributed by atoms with Crippen molar-refractivity contribution in [2.75, 3.05) is 25.3 Å². The zero-order valence-corrected chi connectivity index (χ0v) is 12.8. The van der Waals surface area contributed by atoms with Gasteiger partial charge in [-0.3, -0.25) is 0 Å². The maximum absolute atomic E-state index is 13.2. The van der Waals surface area contributed by atoms with Gasteiger partial charge in [-0.1, -0.05) is 23.2 Å². The largest absolute Gasteiger partial charge is 0.493 e. The predicted molar refractivity (Wildman–Crippen MR) is 83.7 cm³/mol. The van der Waals surface area contributed by atoms with Crippen molar-refractivity contribution in [3.8, 4) is 11.5 Å². The first-order chi connectivity index (χ1) is 9.96. The molecule has 4 nitrogen and oxygen atoms in total. The van der Waals surface area contributed by atoms with E-state index in [1.54, 1.807) is 12.1 Å². The summed E-state index contributed by atoms with van der Waals surface area (Å²) in [6, 6.07) is 5.57. The molecular formula is C14H13Cl2FN2O2. The van der Waals surface area contributed by atoms with Crippen molar-refractivity contribution in [3.63, 3.8) is 0 Å². The van der Waals surface area contributed by atoms with Crippen LogP contribution < -0.4 is 20.5 Å². The fraction of sp³-hybridized carbons (Fsp3) is 0.143. The highest BCUT2D eigenvalue weighted by Crippen LogP contribution is 2.39. The van der Waals surface area contributed by atoms with Crippen LogP contribution in [0.1, 0.15) is 0 Å². The minimum absolute atomic E-state index is 0.147. The molecule has 0 heterocycles. The van der Waals surface area contributed by atoms with Crippen LogP contribution in [0.3, 0.4) is 0 Å². The van der Waals surface area contributed by atoms with E-state index in [4.69, 9.17) is 38.4 Å². The van der Waals surface area contributed by atoms with Gasteiger partial charge in [0.1, 0.15) is 5.82 Å². The highest BCUT2D eigenvalue weighted by atomic mass is 35.5. The van der Waals surface area contributed by atoms with Crippen LogP contribution in [0.4, 0.5) is 21.5 Å². The Morgan fingerprint density at radius 1 is 1.00 bits per heavy atom. The van der Waals surface area contributed by atoms with E-state index in [1.807, 2.05) is 0 Å². The molecule has 0 aliphatic carbocycles. The molecule has 0 bridgehead atoms. The number of nitrogens with two attached hydrogens (primary N) is 1. The molecule has 7 heteroatoms. The molecule has 0 saturated heterocycles. The van der Waals surface area contributed by atoms with Gasteiger partial charge in [-0.25, -0.2) is 4.39 Å². The summed E-state index contributed by atoms with van der Waals surface area (Å²) in [7, 11) is 3.02. The number of nitrogens with one attached hydrogen (secondary N) is 1. The van der Waals surface area contributed by atoms with Gasteiger partial charge >= 0.3 is 0 Å². The first kappa shape index (κ1) is 15.5. The van der Waals surface area contributed by atoms with Crippen molar-refractivity contribution >= 4 is 40.3 Å². The third-order valence-electron chi connectivity index (χ3n) is 2.82. The second kappa shape index (κ2) is 6.28. The Bertz CT molecular complexity index is 657. The first-order valence-corrected chi connectivity index (χ1v) is 6.65. The molecule has 0 atom stereocenters. The number of hydrogen-bond acceptors (Lipinski definition) is 4. The van der Waals surface area contributed by atoms with E-state index in [-0.39, 0.29) is 10.0 Å². The van der Waals surface area contributed by atoms with Crippen LogP contribution >= 0.6 is 23.2 Å². The summed E-state index contributed by atoms with van der Waals surface area (Å²) < 4.78 is 23.5. The lowest BCUT2D eigenvalue weighted by atomic mass is 10.2. The highest BCUT2D eigenvalue weighted by Gasteiger charge is 2.13. The molecule has 0 radical (unpaired) electrons. The Hall–Kier alpha value is -1.85. The summed E-state index contributed by atoms with van der Waals surface area (Å²) in [6.07, 6.45) is 0. The van der Waals surface area contributed by atoms with E-state index >= 15 is 0 Å². The minimum Gasteiger partial charge on any atom is -0.493 e. The smallest absolute Gasteiger partial charge is 0.162 e. The molecule has 21 heavy (non-hydrogen) atoms. The summed E-state index contributed by atoms with van der Waals surface area (Å²) in [5.41, 5.74) is 7.22. The van der Waals surface area contributed by atoms with Gasteiger partial charge in [0.05, 0.1) is 41.3 Å². The SMILES string of the molecule is COc1cc(N)c(Nc2c(Cl)cc(F)cc2Cl)cc1OC. The lowest BCUT2D eigenvalue weighted by Gasteiger charge is -2.15. The quantitative estimate of drug-likeness (QED) is 0.812. The van der Waals surface area contributed by atoms with Crippen molar-refractivity contribution < 1.29 is 13.9 Å². The monoisotopic (exact) mass is 330 g/mol. The van der Waals surface area contributed by atoms with Gasteiger partial charge in [0.2, 0.25) is 0 Å². The molecule has 3 N–H and O–H groups in total. The molecule has 0 unspecified atom stereocenters. The Balaban J connectivity index is 2.45. The second-order valence-electron chi connectivity index (χ2n) is 4.16. The molecule has 2 aromatic rings. The van der Waals surface area contributed by atoms with E-state index in [0.717, 1.165) is 12.1 Å². The number of nitrogen functional groups attached to an aromatic ring is 1. The number of rotatable bonds is 4. The van der Waals surface area contributed by atoms with Crippen LogP contribution in [-0.4, -0.2) is 14.2 Å². The van der Waals surface area contributed by atoms with Gasteiger partial charge in [-0.15, -0.1) is 0 Å². The van der Waals surface area contributed by atoms with E-state index in [2.05, 4.69) is 5.32 Å². The molecule has 0 aliphatic rings. The summed E-state index contributed by atoms with van der Waals surface area (Å²) in [6.45, 7) is 0. The van der Waals surface area contributed by atoms with Crippen molar-refractivity contribution in [3.05, 3.63) is 40.1 Å². The van der Waals surface area contributed by atoms with E-state index in [9.17, 15) is 4.39 Å². The van der Waals surface area contributed by atoms with Crippen molar-refractivity contribution in [1.82, 2.24) is 0 Å². The van der Waals surface area contributed by atoms with Gasteiger partial charge < -0.3 is 20.5 Å². The summed E-state index contributed by atoms with van der Waals surface area (Å²) in [5.74, 6) is 0.469. The third-order valence-corrected chi connectivity index (χ3v) is 3.42. The third kappa shape index (κ3) is 3.25. The van der Waals surface area contributed by atoms with Crippen LogP contribution in [0.15, 0.2) is 24.3 Å². The van der Waals surface area contributed by atoms with Crippen LogP contribution in [0.5, 0.6) is 11.5 Å². The van der Waals surface area contributed by atoms with E-state index < -0.39 is 5.82 Å². The van der Waals surface area contributed by atoms with Crippen molar-refractivity contribution in [2.45, 2.75) is 0 Å². The van der Waals surface area contributed by atoms with Crippen LogP contribution in [-0.2, 0) is 0 Å². The zero-order valence-electron chi connectivity index (χ0n) is 11.3. The Morgan fingerprint density at radius 3 is 2.05 bits per heavy atom. The maximum atomic E-state index is 13.2. The lowest BCUT2D eigenvalue weighted by molar-refractivity contribution is 0.355. The van der Waals surface area contributed by atoms with Crippen molar-refractivity contribution in [1.29, 1.82) is 0 Å². The van der Waals surface area contributed by atoms with E-state index in [0.29, 0.717) is 28.6 Å². The Labute approximate surface area is 131 Å². The average molecular weight is 331 g/mol. The van der Waals surface area contributed by atoms with Gasteiger partial charge in [0.25, 0.3) is 0 Å². The summed E-state index contributed by atoms with van der Waals surface area (Å²) >= 11 is 12.0. The Kier molecular flexibility index (Phi) is 4.65. The number of anilines is 3. The number of ether oxygens (including phenoxy) is 2. The van der Waals surface area contributed by atoms with Crippen LogP contribution in [0, 0.1) is 5.82 Å². The molecule has 0 aliphatic heterocycles. The molecule has 2 rings (SSSR count). The maximum Gasteiger partial charge on any atom is 0.162 e. The van der Waals surface area contributed by atoms with Gasteiger partial charge in [-0.05, 0) is 12.1 Å². The number of halogens is 3. The average Bonchev–Trinajstić information content (AvgIpc) is 2.43. The van der Waals surface area contributed by atoms with E-state index in [1.165, 1.54) is 14.2 Å². The van der Waals surface area contributed by atoms with Crippen molar-refractivity contribution in [2.24, 2.45) is 0 Å². The molecule has 0 amide bonds. The molecular weight excluding hydrogens is 318 g/mol. The summed E-state index contributed by atoms with van der Waals surface area (Å²) in [5, 5.41) is 3.27. The first-order valence-electron chi connectivity index (χ1n) is 5.89. The van der Waals surface area contributed by atoms with Gasteiger partial charge in [-0.2, -0.15) is 0 Å². The molecule has 0 saturated carbocycles. The number of benzene rings is 2. The second-order valence-corrected chi connectivity index (χ2v) is 4.98. The number of hydrogen-bond donors (Lipinski definition) is 2. The topological polar surface area (TPSA) is 56.5 Å². The van der Waals surface area contributed by atoms with Gasteiger partial charge in [0.15, 0.2) is 11.5 Å². The highest BCUT2D eigenvalue weighted by molar-refractivity contribution is 6.39. The minimum atomic E-state index is -0.518. The lowest BCUT2D eigenvalue weighted by Crippen LogP contribution is -2.00. The normalized spacial score (nSPS) is 10.3. The molecule has 0 spiro atoms. The van der Waals surface area contributed by atoms with Gasteiger partial charge in [0, 0.05) is 12.1 Å². The fourth-order valence-corrected chi connectivity index (χ4v) is 2.35. The molecule has 0 fully saturated rings. The van der Waals surface area contributed by atoms with Crippen LogP contribution in [0.2, 0.25) is 10.0 Å².